The molecule has 0 bridgehead atoms. The summed E-state index contributed by atoms with van der Waals surface area (Å²) in [6, 6.07) is 7.71. The largest absolute Gasteiger partial charge is 0.493 e. The summed E-state index contributed by atoms with van der Waals surface area (Å²) in [5.41, 5.74) is 6.39. The molecule has 0 amide bonds. The van der Waals surface area contributed by atoms with E-state index in [0.717, 1.165) is 11.3 Å². The number of fused-ring (bicyclic) bond motifs is 1. The van der Waals surface area contributed by atoms with Crippen molar-refractivity contribution in [3.8, 4) is 5.75 Å². The predicted octanol–water partition coefficient (Wildman–Crippen LogP) is 2.51. The van der Waals surface area contributed by atoms with E-state index >= 15 is 0 Å². The minimum atomic E-state index is -0.782. The Morgan fingerprint density at radius 1 is 1.50 bits per heavy atom. The summed E-state index contributed by atoms with van der Waals surface area (Å²) in [5.74, 6) is 0.783. The number of rotatable bonds is 3. The van der Waals surface area contributed by atoms with Gasteiger partial charge < -0.3 is 15.6 Å². The van der Waals surface area contributed by atoms with Gasteiger partial charge in [0.25, 0.3) is 0 Å². The minimum Gasteiger partial charge on any atom is -0.493 e. The van der Waals surface area contributed by atoms with Crippen LogP contribution in [-0.4, -0.2) is 23.2 Å². The summed E-state index contributed by atoms with van der Waals surface area (Å²) in [7, 11) is 0. The van der Waals surface area contributed by atoms with Crippen molar-refractivity contribution < 1.29 is 9.84 Å². The number of ether oxygens (including phenoxy) is 1. The lowest BCUT2D eigenvalue weighted by molar-refractivity contribution is 0.0533. The number of nitrogens with zero attached hydrogens (tertiary/aromatic N) is 1. The van der Waals surface area contributed by atoms with Crippen LogP contribution in [0.2, 0.25) is 4.34 Å². The number of hydrogen-bond donors (Lipinski definition) is 2. The molecule has 6 heteroatoms. The van der Waals surface area contributed by atoms with Gasteiger partial charge in [-0.3, -0.25) is 0 Å². The van der Waals surface area contributed by atoms with Gasteiger partial charge in [0.05, 0.1) is 12.8 Å². The van der Waals surface area contributed by atoms with Crippen molar-refractivity contribution in [2.75, 3.05) is 13.2 Å². The maximum absolute atomic E-state index is 10.8. The Morgan fingerprint density at radius 2 is 2.30 bits per heavy atom. The van der Waals surface area contributed by atoms with Crippen molar-refractivity contribution in [3.05, 3.63) is 45.4 Å². The molecule has 1 aromatic heterocycles. The molecule has 0 aliphatic carbocycles. The average Bonchev–Trinajstić information content (AvgIpc) is 2.92. The molecule has 2 atom stereocenters. The van der Waals surface area contributed by atoms with Crippen LogP contribution in [0.25, 0.3) is 0 Å². The first-order valence-corrected chi connectivity index (χ1v) is 7.58. The zero-order chi connectivity index (χ0) is 14.2. The fraction of sp³-hybridized carbons (Fsp3) is 0.357. The third kappa shape index (κ3) is 2.11. The number of thiazole rings is 1. The van der Waals surface area contributed by atoms with E-state index in [9.17, 15) is 5.11 Å². The molecule has 0 saturated carbocycles. The second kappa shape index (κ2) is 5.33. The second-order valence-electron chi connectivity index (χ2n) is 4.86. The molecule has 20 heavy (non-hydrogen) atoms. The number of aliphatic hydroxyl groups excluding tert-OH is 1. The SMILES string of the molecule is NCC1(C(O)c2ncc(Cl)s2)CCOc2ccccc21. The van der Waals surface area contributed by atoms with Crippen LogP contribution in [0, 0.1) is 0 Å². The lowest BCUT2D eigenvalue weighted by atomic mass is 9.72. The smallest absolute Gasteiger partial charge is 0.124 e. The number of halogens is 1. The fourth-order valence-electron chi connectivity index (χ4n) is 2.72. The van der Waals surface area contributed by atoms with Crippen LogP contribution in [0.5, 0.6) is 5.75 Å². The van der Waals surface area contributed by atoms with Gasteiger partial charge in [-0.1, -0.05) is 29.8 Å². The molecule has 2 heterocycles. The van der Waals surface area contributed by atoms with Crippen LogP contribution >= 0.6 is 22.9 Å². The minimum absolute atomic E-state index is 0.325. The molecule has 1 aliphatic heterocycles. The molecule has 106 valence electrons. The van der Waals surface area contributed by atoms with E-state index in [2.05, 4.69) is 4.98 Å². The maximum atomic E-state index is 10.8. The molecular weight excluding hydrogens is 296 g/mol. The average molecular weight is 311 g/mol. The van der Waals surface area contributed by atoms with Crippen LogP contribution in [0.4, 0.5) is 0 Å². The zero-order valence-electron chi connectivity index (χ0n) is 10.8. The summed E-state index contributed by atoms with van der Waals surface area (Å²) in [4.78, 5) is 4.20. The zero-order valence-corrected chi connectivity index (χ0v) is 12.3. The van der Waals surface area contributed by atoms with Crippen LogP contribution in [0.15, 0.2) is 30.5 Å². The van der Waals surface area contributed by atoms with E-state index in [4.69, 9.17) is 22.1 Å². The van der Waals surface area contributed by atoms with E-state index in [1.165, 1.54) is 11.3 Å². The van der Waals surface area contributed by atoms with E-state index in [-0.39, 0.29) is 0 Å². The van der Waals surface area contributed by atoms with Gasteiger partial charge in [-0.25, -0.2) is 4.98 Å². The van der Waals surface area contributed by atoms with Crippen molar-refractivity contribution >= 4 is 22.9 Å². The quantitative estimate of drug-likeness (QED) is 0.914. The molecule has 0 saturated heterocycles. The van der Waals surface area contributed by atoms with Gasteiger partial charge in [-0.05, 0) is 12.5 Å². The van der Waals surface area contributed by atoms with Gasteiger partial charge >= 0.3 is 0 Å². The summed E-state index contributed by atoms with van der Waals surface area (Å²) >= 11 is 7.21. The third-order valence-electron chi connectivity index (χ3n) is 3.85. The molecule has 0 spiro atoms. The molecule has 0 fully saturated rings. The Balaban J connectivity index is 2.08. The topological polar surface area (TPSA) is 68.4 Å². The fourth-order valence-corrected chi connectivity index (χ4v) is 3.75. The van der Waals surface area contributed by atoms with E-state index < -0.39 is 11.5 Å². The van der Waals surface area contributed by atoms with Crippen molar-refractivity contribution in [3.63, 3.8) is 0 Å². The number of hydrogen-bond acceptors (Lipinski definition) is 5. The highest BCUT2D eigenvalue weighted by Crippen LogP contribution is 2.47. The summed E-state index contributed by atoms with van der Waals surface area (Å²) < 4.78 is 6.22. The molecule has 0 radical (unpaired) electrons. The lowest BCUT2D eigenvalue weighted by Crippen LogP contribution is -2.44. The van der Waals surface area contributed by atoms with Gasteiger partial charge in [0, 0.05) is 17.5 Å². The highest BCUT2D eigenvalue weighted by Gasteiger charge is 2.44. The van der Waals surface area contributed by atoms with Crippen LogP contribution in [0.1, 0.15) is 23.1 Å². The molecular formula is C14H15ClN2O2S. The van der Waals surface area contributed by atoms with Crippen molar-refractivity contribution in [2.24, 2.45) is 5.73 Å². The first-order chi connectivity index (χ1) is 9.67. The predicted molar refractivity (Wildman–Crippen MR) is 79.4 cm³/mol. The Hall–Kier alpha value is -1.14. The highest BCUT2D eigenvalue weighted by molar-refractivity contribution is 7.15. The van der Waals surface area contributed by atoms with E-state index in [1.54, 1.807) is 6.20 Å². The second-order valence-corrected chi connectivity index (χ2v) is 6.55. The Kier molecular flexibility index (Phi) is 3.69. The maximum Gasteiger partial charge on any atom is 0.124 e. The van der Waals surface area contributed by atoms with Crippen molar-refractivity contribution in [2.45, 2.75) is 17.9 Å². The van der Waals surface area contributed by atoms with Crippen molar-refractivity contribution in [1.82, 2.24) is 4.98 Å². The first kappa shape index (κ1) is 13.8. The lowest BCUT2D eigenvalue weighted by Gasteiger charge is -2.40. The van der Waals surface area contributed by atoms with Gasteiger partial charge in [0.15, 0.2) is 0 Å². The Labute approximate surface area is 126 Å². The molecule has 3 rings (SSSR count). The number of para-hydroxylation sites is 1. The third-order valence-corrected chi connectivity index (χ3v) is 5.01. The van der Waals surface area contributed by atoms with Gasteiger partial charge in [-0.15, -0.1) is 11.3 Å². The van der Waals surface area contributed by atoms with Crippen molar-refractivity contribution in [1.29, 1.82) is 0 Å². The van der Waals surface area contributed by atoms with Gasteiger partial charge in [0.1, 0.15) is 21.2 Å². The monoisotopic (exact) mass is 310 g/mol. The number of benzene rings is 1. The molecule has 2 unspecified atom stereocenters. The number of aliphatic hydroxyl groups is 1. The summed E-state index contributed by atoms with van der Waals surface area (Å²) in [6.45, 7) is 0.857. The molecule has 1 aromatic carbocycles. The Bertz CT molecular complexity index is 619. The molecule has 3 N–H and O–H groups in total. The molecule has 4 nitrogen and oxygen atoms in total. The first-order valence-electron chi connectivity index (χ1n) is 6.39. The van der Waals surface area contributed by atoms with E-state index in [0.29, 0.717) is 28.9 Å². The number of nitrogens with two attached hydrogens (primary N) is 1. The van der Waals surface area contributed by atoms with Gasteiger partial charge in [-0.2, -0.15) is 0 Å². The highest BCUT2D eigenvalue weighted by atomic mass is 35.5. The van der Waals surface area contributed by atoms with Crippen LogP contribution in [0.3, 0.4) is 0 Å². The summed E-state index contributed by atoms with van der Waals surface area (Å²) in [6.07, 6.45) is 1.43. The van der Waals surface area contributed by atoms with Crippen LogP contribution in [-0.2, 0) is 5.41 Å². The standard InChI is InChI=1S/C14H15ClN2O2S/c15-11-7-17-13(20-11)12(18)14(8-16)5-6-19-10-4-2-1-3-9(10)14/h1-4,7,12,18H,5-6,8,16H2. The number of aromatic nitrogens is 1. The normalized spacial score (nSPS) is 22.9. The van der Waals surface area contributed by atoms with Crippen LogP contribution < -0.4 is 10.5 Å². The molecule has 2 aromatic rings. The molecule has 1 aliphatic rings. The summed E-state index contributed by atoms with van der Waals surface area (Å²) in [5, 5.41) is 11.4. The van der Waals surface area contributed by atoms with E-state index in [1.807, 2.05) is 24.3 Å². The van der Waals surface area contributed by atoms with Gasteiger partial charge in [0.2, 0.25) is 0 Å². The Morgan fingerprint density at radius 3 is 3.00 bits per heavy atom.